The zero-order valence-corrected chi connectivity index (χ0v) is 16.3. The van der Waals surface area contributed by atoms with Crippen molar-refractivity contribution in [3.05, 3.63) is 48.8 Å². The molecule has 3 heterocycles. The summed E-state index contributed by atoms with van der Waals surface area (Å²) in [6.07, 6.45) is 3.53. The van der Waals surface area contributed by atoms with E-state index in [1.807, 2.05) is 54.9 Å². The molecule has 1 aromatic carbocycles. The van der Waals surface area contributed by atoms with Gasteiger partial charge in [0.2, 0.25) is 5.91 Å². The molecule has 0 bridgehead atoms. The fraction of sp³-hybridized carbons (Fsp3) is 0.211. The van der Waals surface area contributed by atoms with Gasteiger partial charge in [0.25, 0.3) is 0 Å². The van der Waals surface area contributed by atoms with Gasteiger partial charge >= 0.3 is 0 Å². The van der Waals surface area contributed by atoms with Crippen molar-refractivity contribution >= 4 is 34.3 Å². The van der Waals surface area contributed by atoms with Gasteiger partial charge in [-0.05, 0) is 25.1 Å². The Kier molecular flexibility index (Phi) is 5.07. The van der Waals surface area contributed by atoms with Gasteiger partial charge in [-0.3, -0.25) is 14.5 Å². The molecule has 0 radical (unpaired) electrons. The number of amides is 1. The Bertz CT molecular complexity index is 1120. The second-order valence-corrected chi connectivity index (χ2v) is 7.06. The summed E-state index contributed by atoms with van der Waals surface area (Å²) in [7, 11) is 1.89. The lowest BCUT2D eigenvalue weighted by Gasteiger charge is -2.08. The Labute approximate surface area is 166 Å². The first kappa shape index (κ1) is 18.2. The zero-order valence-electron chi connectivity index (χ0n) is 15.5. The molecule has 4 aromatic rings. The fourth-order valence-electron chi connectivity index (χ4n) is 2.96. The smallest absolute Gasteiger partial charge is 0.234 e. The third-order valence-corrected chi connectivity index (χ3v) is 5.28. The highest BCUT2D eigenvalue weighted by molar-refractivity contribution is 7.99. The van der Waals surface area contributed by atoms with Crippen molar-refractivity contribution in [1.29, 1.82) is 0 Å². The molecule has 0 aliphatic heterocycles. The highest BCUT2D eigenvalue weighted by Gasteiger charge is 2.18. The van der Waals surface area contributed by atoms with Crippen LogP contribution in [0.25, 0.3) is 22.4 Å². The molecule has 0 saturated heterocycles. The van der Waals surface area contributed by atoms with Gasteiger partial charge in [-0.1, -0.05) is 30.0 Å². The highest BCUT2D eigenvalue weighted by Crippen LogP contribution is 2.28. The van der Waals surface area contributed by atoms with Crippen LogP contribution in [-0.4, -0.2) is 41.2 Å². The molecule has 0 saturated carbocycles. The minimum Gasteiger partial charge on any atom is -0.325 e. The van der Waals surface area contributed by atoms with E-state index < -0.39 is 0 Å². The maximum Gasteiger partial charge on any atom is 0.234 e. The van der Waals surface area contributed by atoms with Crippen LogP contribution in [0.4, 0.5) is 5.69 Å². The Balaban J connectivity index is 1.55. The number of aryl methyl sites for hydroxylation is 1. The maximum absolute atomic E-state index is 12.2. The zero-order chi connectivity index (χ0) is 19.5. The third-order valence-electron chi connectivity index (χ3n) is 4.31. The monoisotopic (exact) mass is 393 g/mol. The molecular formula is C19H19N7OS. The van der Waals surface area contributed by atoms with Crippen molar-refractivity contribution in [3.8, 4) is 11.5 Å². The lowest BCUT2D eigenvalue weighted by molar-refractivity contribution is -0.113. The summed E-state index contributed by atoms with van der Waals surface area (Å²) in [5, 5.41) is 17.4. The number of anilines is 1. The van der Waals surface area contributed by atoms with Gasteiger partial charge in [0.05, 0.1) is 17.5 Å². The van der Waals surface area contributed by atoms with Crippen LogP contribution in [0.3, 0.4) is 0 Å². The normalized spacial score (nSPS) is 11.1. The predicted octanol–water partition coefficient (Wildman–Crippen LogP) is 2.98. The molecule has 28 heavy (non-hydrogen) atoms. The SMILES string of the molecule is CCn1c(SCC(=O)Nc2ccccc2)nnc1-c1nccc2c1cnn2C. The second-order valence-electron chi connectivity index (χ2n) is 6.11. The molecule has 0 aliphatic rings. The second kappa shape index (κ2) is 7.81. The maximum atomic E-state index is 12.2. The molecule has 0 spiro atoms. The Hall–Kier alpha value is -3.20. The largest absolute Gasteiger partial charge is 0.325 e. The number of hydrogen-bond acceptors (Lipinski definition) is 6. The van der Waals surface area contributed by atoms with E-state index in [-0.39, 0.29) is 11.7 Å². The molecule has 142 valence electrons. The summed E-state index contributed by atoms with van der Waals surface area (Å²) in [5.74, 6) is 0.834. The standard InChI is InChI=1S/C19H19N7OS/c1-3-26-18(17-14-11-21-25(2)15(14)9-10-20-17)23-24-19(26)28-12-16(27)22-13-7-5-4-6-8-13/h4-11H,3,12H2,1-2H3,(H,22,27). The molecule has 4 rings (SSSR count). The van der Waals surface area contributed by atoms with Crippen LogP contribution in [0.15, 0.2) is 53.9 Å². The predicted molar refractivity (Wildman–Crippen MR) is 109 cm³/mol. The van der Waals surface area contributed by atoms with E-state index in [0.29, 0.717) is 17.5 Å². The van der Waals surface area contributed by atoms with E-state index in [1.165, 1.54) is 11.8 Å². The topological polar surface area (TPSA) is 90.5 Å². The van der Waals surface area contributed by atoms with E-state index in [0.717, 1.165) is 22.3 Å². The molecule has 1 N–H and O–H groups in total. The van der Waals surface area contributed by atoms with E-state index in [1.54, 1.807) is 17.1 Å². The summed E-state index contributed by atoms with van der Waals surface area (Å²) in [4.78, 5) is 16.7. The van der Waals surface area contributed by atoms with Gasteiger partial charge in [0.15, 0.2) is 11.0 Å². The Morgan fingerprint density at radius 2 is 2.00 bits per heavy atom. The number of benzene rings is 1. The van der Waals surface area contributed by atoms with Gasteiger partial charge in [-0.25, -0.2) is 0 Å². The molecule has 0 atom stereocenters. The average molecular weight is 393 g/mol. The van der Waals surface area contributed by atoms with Crippen molar-refractivity contribution in [2.75, 3.05) is 11.1 Å². The van der Waals surface area contributed by atoms with Crippen molar-refractivity contribution in [2.45, 2.75) is 18.6 Å². The van der Waals surface area contributed by atoms with Crippen LogP contribution in [0, 0.1) is 0 Å². The number of para-hydroxylation sites is 1. The van der Waals surface area contributed by atoms with E-state index in [9.17, 15) is 4.79 Å². The number of carbonyl (C=O) groups excluding carboxylic acids is 1. The number of thioether (sulfide) groups is 1. The van der Waals surface area contributed by atoms with Crippen molar-refractivity contribution in [1.82, 2.24) is 29.5 Å². The minimum absolute atomic E-state index is 0.0871. The number of aromatic nitrogens is 6. The van der Waals surface area contributed by atoms with Crippen molar-refractivity contribution < 1.29 is 4.79 Å². The summed E-state index contributed by atoms with van der Waals surface area (Å²) in [6.45, 7) is 2.69. The van der Waals surface area contributed by atoms with Gasteiger partial charge < -0.3 is 9.88 Å². The summed E-state index contributed by atoms with van der Waals surface area (Å²) in [5.41, 5.74) is 2.49. The van der Waals surface area contributed by atoms with Gasteiger partial charge in [-0.2, -0.15) is 5.10 Å². The molecule has 8 nitrogen and oxygen atoms in total. The van der Waals surface area contributed by atoms with Gasteiger partial charge in [0, 0.05) is 30.9 Å². The summed E-state index contributed by atoms with van der Waals surface area (Å²) in [6, 6.07) is 11.3. The van der Waals surface area contributed by atoms with Crippen LogP contribution in [0.1, 0.15) is 6.92 Å². The van der Waals surface area contributed by atoms with E-state index >= 15 is 0 Å². The number of nitrogens with one attached hydrogen (secondary N) is 1. The minimum atomic E-state index is -0.0871. The first-order valence-electron chi connectivity index (χ1n) is 8.85. The number of fused-ring (bicyclic) bond motifs is 1. The number of carbonyl (C=O) groups is 1. The van der Waals surface area contributed by atoms with Crippen molar-refractivity contribution in [2.24, 2.45) is 7.05 Å². The number of pyridine rings is 1. The summed E-state index contributed by atoms with van der Waals surface area (Å²) < 4.78 is 3.77. The molecular weight excluding hydrogens is 374 g/mol. The number of rotatable bonds is 6. The van der Waals surface area contributed by atoms with Crippen LogP contribution in [-0.2, 0) is 18.4 Å². The Morgan fingerprint density at radius 1 is 1.18 bits per heavy atom. The molecule has 0 aliphatic carbocycles. The highest BCUT2D eigenvalue weighted by atomic mass is 32.2. The van der Waals surface area contributed by atoms with Crippen LogP contribution < -0.4 is 5.32 Å². The lowest BCUT2D eigenvalue weighted by Crippen LogP contribution is -2.14. The fourth-order valence-corrected chi connectivity index (χ4v) is 3.76. The van der Waals surface area contributed by atoms with Crippen LogP contribution in [0.5, 0.6) is 0 Å². The average Bonchev–Trinajstić information content (AvgIpc) is 3.30. The first-order valence-corrected chi connectivity index (χ1v) is 9.84. The molecule has 3 aromatic heterocycles. The number of nitrogens with zero attached hydrogens (tertiary/aromatic N) is 6. The molecule has 0 unspecified atom stereocenters. The van der Waals surface area contributed by atoms with Gasteiger partial charge in [0.1, 0.15) is 5.69 Å². The third kappa shape index (κ3) is 3.48. The van der Waals surface area contributed by atoms with E-state index in [4.69, 9.17) is 0 Å². The summed E-state index contributed by atoms with van der Waals surface area (Å²) >= 11 is 1.35. The first-order chi connectivity index (χ1) is 13.7. The van der Waals surface area contributed by atoms with Crippen LogP contribution in [0.2, 0.25) is 0 Å². The van der Waals surface area contributed by atoms with E-state index in [2.05, 4.69) is 25.6 Å². The number of hydrogen-bond donors (Lipinski definition) is 1. The molecule has 9 heteroatoms. The molecule has 1 amide bonds. The molecule has 0 fully saturated rings. The lowest BCUT2D eigenvalue weighted by atomic mass is 10.2. The Morgan fingerprint density at radius 3 is 2.79 bits per heavy atom. The quantitative estimate of drug-likeness (QED) is 0.507. The van der Waals surface area contributed by atoms with Crippen LogP contribution >= 0.6 is 11.8 Å². The van der Waals surface area contributed by atoms with Gasteiger partial charge in [-0.15, -0.1) is 10.2 Å². The van der Waals surface area contributed by atoms with Crippen molar-refractivity contribution in [3.63, 3.8) is 0 Å².